The predicted molar refractivity (Wildman–Crippen MR) is 64.5 cm³/mol. The van der Waals surface area contributed by atoms with Gasteiger partial charge < -0.3 is 10.4 Å². The molecule has 0 saturated heterocycles. The van der Waals surface area contributed by atoms with Gasteiger partial charge in [-0.3, -0.25) is 4.79 Å². The fourth-order valence-electron chi connectivity index (χ4n) is 1.53. The van der Waals surface area contributed by atoms with Gasteiger partial charge in [0, 0.05) is 12.5 Å². The normalized spacial score (nSPS) is 12.4. The molecule has 0 aliphatic carbocycles. The summed E-state index contributed by atoms with van der Waals surface area (Å²) in [4.78, 5) is 10.3. The van der Waals surface area contributed by atoms with E-state index in [1.807, 2.05) is 0 Å². The lowest BCUT2D eigenvalue weighted by molar-refractivity contribution is -0.137. The molecular weight excluding hydrogens is 202 g/mol. The van der Waals surface area contributed by atoms with E-state index in [2.05, 4.69) is 43.4 Å². The van der Waals surface area contributed by atoms with Crippen LogP contribution in [0.3, 0.4) is 0 Å². The second-order valence-electron chi connectivity index (χ2n) is 4.08. The summed E-state index contributed by atoms with van der Waals surface area (Å²) < 4.78 is 0. The minimum Gasteiger partial charge on any atom is -0.481 e. The Morgan fingerprint density at radius 1 is 1.38 bits per heavy atom. The highest BCUT2D eigenvalue weighted by molar-refractivity contribution is 5.66. The Bertz CT molecular complexity index is 332. The van der Waals surface area contributed by atoms with Gasteiger partial charge in [-0.1, -0.05) is 29.8 Å². The molecule has 0 aliphatic heterocycles. The van der Waals surface area contributed by atoms with Crippen molar-refractivity contribution in [3.8, 4) is 0 Å². The minimum absolute atomic E-state index is 0.230. The molecule has 1 aromatic carbocycles. The van der Waals surface area contributed by atoms with Crippen LogP contribution < -0.4 is 5.32 Å². The van der Waals surface area contributed by atoms with E-state index in [-0.39, 0.29) is 12.5 Å². The van der Waals surface area contributed by atoms with Gasteiger partial charge >= 0.3 is 5.97 Å². The molecule has 2 N–H and O–H groups in total. The SMILES string of the molecule is Cc1ccc([C@@H](C)NCCCC(=O)O)cc1. The Balaban J connectivity index is 2.32. The molecule has 0 unspecified atom stereocenters. The first-order chi connectivity index (χ1) is 7.59. The number of aliphatic carboxylic acids is 1. The molecule has 0 radical (unpaired) electrons. The highest BCUT2D eigenvalue weighted by Crippen LogP contribution is 2.12. The molecule has 1 atom stereocenters. The van der Waals surface area contributed by atoms with Gasteiger partial charge in [-0.2, -0.15) is 0 Å². The van der Waals surface area contributed by atoms with Gasteiger partial charge in [-0.15, -0.1) is 0 Å². The van der Waals surface area contributed by atoms with Crippen molar-refractivity contribution in [2.75, 3.05) is 6.54 Å². The standard InChI is InChI=1S/C13H19NO2/c1-10-5-7-12(8-6-10)11(2)14-9-3-4-13(15)16/h5-8,11,14H,3-4,9H2,1-2H3,(H,15,16)/t11-/m1/s1. The van der Waals surface area contributed by atoms with Gasteiger partial charge in [0.15, 0.2) is 0 Å². The summed E-state index contributed by atoms with van der Waals surface area (Å²) >= 11 is 0. The summed E-state index contributed by atoms with van der Waals surface area (Å²) in [5.41, 5.74) is 2.49. The average Bonchev–Trinajstić information content (AvgIpc) is 2.25. The number of hydrogen-bond acceptors (Lipinski definition) is 2. The molecule has 0 aliphatic rings. The number of aryl methyl sites for hydroxylation is 1. The van der Waals surface area contributed by atoms with Crippen molar-refractivity contribution in [1.82, 2.24) is 5.32 Å². The van der Waals surface area contributed by atoms with Crippen molar-refractivity contribution in [2.24, 2.45) is 0 Å². The first kappa shape index (κ1) is 12.7. The van der Waals surface area contributed by atoms with E-state index in [0.29, 0.717) is 6.42 Å². The smallest absolute Gasteiger partial charge is 0.303 e. The van der Waals surface area contributed by atoms with Crippen molar-refractivity contribution in [3.63, 3.8) is 0 Å². The predicted octanol–water partition coefficient (Wildman–Crippen LogP) is 2.51. The molecule has 0 aromatic heterocycles. The van der Waals surface area contributed by atoms with Gasteiger partial charge in [0.05, 0.1) is 0 Å². The Kier molecular flexibility index (Phi) is 4.99. The number of hydrogen-bond donors (Lipinski definition) is 2. The highest BCUT2D eigenvalue weighted by atomic mass is 16.4. The van der Waals surface area contributed by atoms with E-state index in [1.54, 1.807) is 0 Å². The zero-order chi connectivity index (χ0) is 12.0. The van der Waals surface area contributed by atoms with Crippen LogP contribution in [0.1, 0.15) is 36.9 Å². The Morgan fingerprint density at radius 2 is 2.00 bits per heavy atom. The van der Waals surface area contributed by atoms with Crippen LogP contribution in [0.4, 0.5) is 0 Å². The Morgan fingerprint density at radius 3 is 2.56 bits per heavy atom. The van der Waals surface area contributed by atoms with Crippen molar-refractivity contribution in [3.05, 3.63) is 35.4 Å². The van der Waals surface area contributed by atoms with Gasteiger partial charge in [-0.05, 0) is 32.4 Å². The van der Waals surface area contributed by atoms with E-state index in [9.17, 15) is 4.79 Å². The van der Waals surface area contributed by atoms with Gasteiger partial charge in [-0.25, -0.2) is 0 Å². The third-order valence-corrected chi connectivity index (χ3v) is 2.60. The Labute approximate surface area is 96.5 Å². The van der Waals surface area contributed by atoms with E-state index < -0.39 is 5.97 Å². The van der Waals surface area contributed by atoms with Crippen LogP contribution in [0.25, 0.3) is 0 Å². The molecule has 1 rings (SSSR count). The van der Waals surface area contributed by atoms with Crippen molar-refractivity contribution >= 4 is 5.97 Å². The maximum atomic E-state index is 10.3. The van der Waals surface area contributed by atoms with Gasteiger partial charge in [0.1, 0.15) is 0 Å². The average molecular weight is 221 g/mol. The van der Waals surface area contributed by atoms with Crippen molar-refractivity contribution in [2.45, 2.75) is 32.7 Å². The van der Waals surface area contributed by atoms with Crippen molar-refractivity contribution in [1.29, 1.82) is 0 Å². The molecule has 0 amide bonds. The highest BCUT2D eigenvalue weighted by Gasteiger charge is 2.04. The largest absolute Gasteiger partial charge is 0.481 e. The lowest BCUT2D eigenvalue weighted by Crippen LogP contribution is -2.20. The van der Waals surface area contributed by atoms with E-state index >= 15 is 0 Å². The maximum Gasteiger partial charge on any atom is 0.303 e. The van der Waals surface area contributed by atoms with E-state index in [1.165, 1.54) is 11.1 Å². The van der Waals surface area contributed by atoms with Crippen LogP contribution in [-0.4, -0.2) is 17.6 Å². The fourth-order valence-corrected chi connectivity index (χ4v) is 1.53. The number of benzene rings is 1. The third kappa shape index (κ3) is 4.45. The van der Waals surface area contributed by atoms with Crippen LogP contribution in [0.2, 0.25) is 0 Å². The van der Waals surface area contributed by atoms with Gasteiger partial charge in [0.2, 0.25) is 0 Å². The zero-order valence-electron chi connectivity index (χ0n) is 9.86. The molecule has 16 heavy (non-hydrogen) atoms. The second-order valence-corrected chi connectivity index (χ2v) is 4.08. The van der Waals surface area contributed by atoms with E-state index in [0.717, 1.165) is 6.54 Å². The van der Waals surface area contributed by atoms with Crippen LogP contribution in [0.15, 0.2) is 24.3 Å². The van der Waals surface area contributed by atoms with Crippen LogP contribution in [0, 0.1) is 6.92 Å². The summed E-state index contributed by atoms with van der Waals surface area (Å²) in [6.07, 6.45) is 0.902. The summed E-state index contributed by atoms with van der Waals surface area (Å²) in [6.45, 7) is 4.89. The lowest BCUT2D eigenvalue weighted by atomic mass is 10.1. The molecular formula is C13H19NO2. The third-order valence-electron chi connectivity index (χ3n) is 2.60. The lowest BCUT2D eigenvalue weighted by Gasteiger charge is -2.13. The summed E-state index contributed by atoms with van der Waals surface area (Å²) in [6, 6.07) is 8.65. The topological polar surface area (TPSA) is 49.3 Å². The van der Waals surface area contributed by atoms with Gasteiger partial charge in [0.25, 0.3) is 0 Å². The van der Waals surface area contributed by atoms with Crippen LogP contribution >= 0.6 is 0 Å². The fraction of sp³-hybridized carbons (Fsp3) is 0.462. The maximum absolute atomic E-state index is 10.3. The first-order valence-electron chi connectivity index (χ1n) is 5.61. The van der Waals surface area contributed by atoms with Crippen LogP contribution in [-0.2, 0) is 4.79 Å². The molecule has 1 aromatic rings. The number of carboxylic acids is 1. The second kappa shape index (κ2) is 6.28. The summed E-state index contributed by atoms with van der Waals surface area (Å²) in [5.74, 6) is -0.732. The number of carboxylic acid groups (broad SMARTS) is 1. The number of nitrogens with one attached hydrogen (secondary N) is 1. The molecule has 0 fully saturated rings. The van der Waals surface area contributed by atoms with Crippen molar-refractivity contribution < 1.29 is 9.90 Å². The molecule has 88 valence electrons. The zero-order valence-corrected chi connectivity index (χ0v) is 9.86. The molecule has 3 nitrogen and oxygen atoms in total. The van der Waals surface area contributed by atoms with E-state index in [4.69, 9.17) is 5.11 Å². The molecule has 0 bridgehead atoms. The number of rotatable bonds is 6. The quantitative estimate of drug-likeness (QED) is 0.726. The molecule has 0 saturated carbocycles. The summed E-state index contributed by atoms with van der Waals surface area (Å²) in [7, 11) is 0. The Hall–Kier alpha value is -1.35. The number of carbonyl (C=O) groups is 1. The first-order valence-corrected chi connectivity index (χ1v) is 5.61. The minimum atomic E-state index is -0.732. The molecule has 0 spiro atoms. The van der Waals surface area contributed by atoms with Crippen LogP contribution in [0.5, 0.6) is 0 Å². The summed E-state index contributed by atoms with van der Waals surface area (Å²) in [5, 5.41) is 11.8. The monoisotopic (exact) mass is 221 g/mol. The molecule has 3 heteroatoms. The molecule has 0 heterocycles.